The fraction of sp³-hybridized carbons (Fsp3) is 0.438. The second-order valence-corrected chi connectivity index (χ2v) is 5.51. The summed E-state index contributed by atoms with van der Waals surface area (Å²) in [7, 11) is 1.30. The van der Waals surface area contributed by atoms with Crippen LogP contribution in [-0.4, -0.2) is 48.2 Å². The van der Waals surface area contributed by atoms with Crippen LogP contribution in [-0.2, 0) is 25.5 Å². The molecule has 1 unspecified atom stereocenters. The predicted octanol–water partition coefficient (Wildman–Crippen LogP) is 0.0921. The van der Waals surface area contributed by atoms with Crippen LogP contribution >= 0.6 is 0 Å². The maximum absolute atomic E-state index is 12.0. The van der Waals surface area contributed by atoms with Gasteiger partial charge in [0.25, 0.3) is 0 Å². The van der Waals surface area contributed by atoms with Crippen molar-refractivity contribution >= 4 is 17.8 Å². The van der Waals surface area contributed by atoms with Gasteiger partial charge in [-0.2, -0.15) is 0 Å². The third-order valence-electron chi connectivity index (χ3n) is 3.82. The average Bonchev–Trinajstić information content (AvgIpc) is 2.85. The first-order chi connectivity index (χ1) is 11.0. The number of esters is 1. The largest absolute Gasteiger partial charge is 0.481 e. The molecule has 1 aliphatic rings. The van der Waals surface area contributed by atoms with Crippen LogP contribution in [0.2, 0.25) is 0 Å². The Kier molecular flexibility index (Phi) is 5.70. The number of hydrogen-bond donors (Lipinski definition) is 3. The van der Waals surface area contributed by atoms with Gasteiger partial charge in [0.1, 0.15) is 6.04 Å². The maximum atomic E-state index is 12.0. The molecule has 7 heteroatoms. The van der Waals surface area contributed by atoms with E-state index < -0.39 is 30.1 Å². The monoisotopic (exact) mass is 320 g/mol. The molecule has 7 nitrogen and oxygen atoms in total. The van der Waals surface area contributed by atoms with Gasteiger partial charge >= 0.3 is 11.9 Å². The van der Waals surface area contributed by atoms with Crippen LogP contribution in [0.15, 0.2) is 30.3 Å². The Balaban J connectivity index is 2.08. The van der Waals surface area contributed by atoms with Crippen LogP contribution in [0.3, 0.4) is 0 Å². The fourth-order valence-electron chi connectivity index (χ4n) is 2.73. The molecule has 1 saturated heterocycles. The lowest BCUT2D eigenvalue weighted by Gasteiger charge is -2.24. The van der Waals surface area contributed by atoms with Crippen molar-refractivity contribution in [1.29, 1.82) is 0 Å². The van der Waals surface area contributed by atoms with Crippen LogP contribution in [0, 0.1) is 0 Å². The Morgan fingerprint density at radius 1 is 1.39 bits per heavy atom. The molecule has 1 aromatic rings. The van der Waals surface area contributed by atoms with E-state index in [9.17, 15) is 14.4 Å². The summed E-state index contributed by atoms with van der Waals surface area (Å²) in [5.41, 5.74) is 0.947. The number of carbonyl (C=O) groups is 3. The number of carbonyl (C=O) groups excluding carboxylic acids is 2. The summed E-state index contributed by atoms with van der Waals surface area (Å²) in [5, 5.41) is 14.6. The molecular formula is C16H20N2O5. The number of amides is 1. The number of carboxylic acid groups (broad SMARTS) is 1. The lowest BCUT2D eigenvalue weighted by atomic mass is 10.0. The molecule has 0 radical (unpaired) electrons. The summed E-state index contributed by atoms with van der Waals surface area (Å²) in [5.74, 6) is -1.67. The van der Waals surface area contributed by atoms with Crippen LogP contribution in [0.25, 0.3) is 0 Å². The van der Waals surface area contributed by atoms with E-state index in [1.54, 1.807) is 0 Å². The Labute approximate surface area is 134 Å². The molecule has 2 rings (SSSR count). The van der Waals surface area contributed by atoms with E-state index >= 15 is 0 Å². The highest BCUT2D eigenvalue weighted by Gasteiger charge is 2.36. The third-order valence-corrected chi connectivity index (χ3v) is 3.82. The zero-order chi connectivity index (χ0) is 16.8. The molecule has 3 atom stereocenters. The van der Waals surface area contributed by atoms with E-state index in [2.05, 4.69) is 10.6 Å². The van der Waals surface area contributed by atoms with Gasteiger partial charge in [0, 0.05) is 12.5 Å². The van der Waals surface area contributed by atoms with Crippen molar-refractivity contribution < 1.29 is 24.2 Å². The van der Waals surface area contributed by atoms with Gasteiger partial charge < -0.3 is 15.2 Å². The van der Waals surface area contributed by atoms with E-state index in [-0.39, 0.29) is 18.7 Å². The van der Waals surface area contributed by atoms with Crippen molar-refractivity contribution in [2.75, 3.05) is 7.11 Å². The van der Waals surface area contributed by atoms with Gasteiger partial charge in [0.05, 0.1) is 19.6 Å². The molecule has 0 saturated carbocycles. The van der Waals surface area contributed by atoms with Crippen molar-refractivity contribution in [3.63, 3.8) is 0 Å². The first-order valence-electron chi connectivity index (χ1n) is 7.38. The van der Waals surface area contributed by atoms with Gasteiger partial charge in [-0.3, -0.25) is 19.7 Å². The van der Waals surface area contributed by atoms with Gasteiger partial charge in [-0.25, -0.2) is 0 Å². The number of carboxylic acids is 1. The Hall–Kier alpha value is -2.41. The van der Waals surface area contributed by atoms with Crippen LogP contribution in [0.4, 0.5) is 0 Å². The first kappa shape index (κ1) is 17.0. The van der Waals surface area contributed by atoms with Crippen molar-refractivity contribution in [2.24, 2.45) is 0 Å². The zero-order valence-corrected chi connectivity index (χ0v) is 12.8. The molecule has 0 aromatic heterocycles. The summed E-state index contributed by atoms with van der Waals surface area (Å²) in [4.78, 5) is 34.5. The Bertz CT molecular complexity index is 575. The topological polar surface area (TPSA) is 105 Å². The van der Waals surface area contributed by atoms with Gasteiger partial charge in [-0.15, -0.1) is 0 Å². The number of methoxy groups -OCH3 is 1. The molecule has 23 heavy (non-hydrogen) atoms. The van der Waals surface area contributed by atoms with Crippen LogP contribution in [0.5, 0.6) is 0 Å². The van der Waals surface area contributed by atoms with Crippen LogP contribution in [0.1, 0.15) is 18.4 Å². The first-order valence-corrected chi connectivity index (χ1v) is 7.38. The number of ether oxygens (including phenoxy) is 1. The second kappa shape index (κ2) is 7.73. The van der Waals surface area contributed by atoms with Crippen molar-refractivity contribution in [3.05, 3.63) is 35.9 Å². The van der Waals surface area contributed by atoms with Crippen molar-refractivity contribution in [1.82, 2.24) is 10.6 Å². The zero-order valence-electron chi connectivity index (χ0n) is 12.8. The van der Waals surface area contributed by atoms with Gasteiger partial charge in [-0.05, 0) is 12.0 Å². The Morgan fingerprint density at radius 3 is 2.70 bits per heavy atom. The van der Waals surface area contributed by atoms with Crippen molar-refractivity contribution in [2.45, 2.75) is 37.4 Å². The number of rotatable bonds is 7. The molecule has 1 heterocycles. The molecule has 124 valence electrons. The second-order valence-electron chi connectivity index (χ2n) is 5.51. The highest BCUT2D eigenvalue weighted by molar-refractivity contribution is 5.82. The SMILES string of the molecule is COC(=O)C(Cc1ccccc1)N[C@H]1CC(=O)N[C@H]1CC(=O)O. The highest BCUT2D eigenvalue weighted by Crippen LogP contribution is 2.14. The van der Waals surface area contributed by atoms with E-state index in [1.807, 2.05) is 30.3 Å². The van der Waals surface area contributed by atoms with Crippen molar-refractivity contribution in [3.8, 4) is 0 Å². The lowest BCUT2D eigenvalue weighted by molar-refractivity contribution is -0.143. The smallest absolute Gasteiger partial charge is 0.323 e. The molecule has 1 aliphatic heterocycles. The molecule has 1 aromatic carbocycles. The minimum absolute atomic E-state index is 0.139. The molecular weight excluding hydrogens is 300 g/mol. The summed E-state index contributed by atoms with van der Waals surface area (Å²) >= 11 is 0. The highest BCUT2D eigenvalue weighted by atomic mass is 16.5. The van der Waals surface area contributed by atoms with E-state index in [1.165, 1.54) is 7.11 Å². The van der Waals surface area contributed by atoms with Crippen LogP contribution < -0.4 is 10.6 Å². The molecule has 1 amide bonds. The molecule has 0 bridgehead atoms. The number of hydrogen-bond acceptors (Lipinski definition) is 5. The normalized spacial score (nSPS) is 21.5. The Morgan fingerprint density at radius 2 is 2.09 bits per heavy atom. The number of benzene rings is 1. The minimum atomic E-state index is -0.998. The third kappa shape index (κ3) is 4.79. The average molecular weight is 320 g/mol. The fourth-order valence-corrected chi connectivity index (χ4v) is 2.73. The molecule has 0 aliphatic carbocycles. The van der Waals surface area contributed by atoms with E-state index in [4.69, 9.17) is 9.84 Å². The summed E-state index contributed by atoms with van der Waals surface area (Å²) in [6, 6.07) is 7.81. The summed E-state index contributed by atoms with van der Waals surface area (Å²) in [6.07, 6.45) is 0.348. The molecule has 0 spiro atoms. The molecule has 3 N–H and O–H groups in total. The summed E-state index contributed by atoms with van der Waals surface area (Å²) in [6.45, 7) is 0. The molecule has 1 fully saturated rings. The van der Waals surface area contributed by atoms with E-state index in [0.29, 0.717) is 6.42 Å². The standard InChI is InChI=1S/C16H20N2O5/c1-23-16(22)13(7-10-5-3-2-4-6-10)17-11-8-14(19)18-12(11)9-15(20)21/h2-6,11-13,17H,7-9H2,1H3,(H,18,19)(H,20,21)/t11-,12-,13?/m0/s1. The van der Waals surface area contributed by atoms with E-state index in [0.717, 1.165) is 5.56 Å². The summed E-state index contributed by atoms with van der Waals surface area (Å²) < 4.78 is 4.81. The lowest BCUT2D eigenvalue weighted by Crippen LogP contribution is -2.50. The predicted molar refractivity (Wildman–Crippen MR) is 81.7 cm³/mol. The van der Waals surface area contributed by atoms with Gasteiger partial charge in [0.15, 0.2) is 0 Å². The van der Waals surface area contributed by atoms with Gasteiger partial charge in [0.2, 0.25) is 5.91 Å². The quantitative estimate of drug-likeness (QED) is 0.615. The number of nitrogens with one attached hydrogen (secondary N) is 2. The number of aliphatic carboxylic acids is 1. The maximum Gasteiger partial charge on any atom is 0.323 e. The van der Waals surface area contributed by atoms with Gasteiger partial charge in [-0.1, -0.05) is 30.3 Å². The minimum Gasteiger partial charge on any atom is -0.481 e.